The second-order valence-electron chi connectivity index (χ2n) is 9.03. The molecule has 3 rings (SSSR count). The zero-order valence-corrected chi connectivity index (χ0v) is 16.4. The van der Waals surface area contributed by atoms with E-state index in [0.29, 0.717) is 19.1 Å². The Balaban J connectivity index is 1.62. The Bertz CT molecular complexity index is 658. The summed E-state index contributed by atoms with van der Waals surface area (Å²) >= 11 is 0. The number of amides is 3. The maximum Gasteiger partial charge on any atom is 0.326 e. The number of hydrogen-bond acceptors (Lipinski definition) is 3. The first-order valence-electron chi connectivity index (χ1n) is 9.58. The van der Waals surface area contributed by atoms with Gasteiger partial charge in [-0.15, -0.1) is 0 Å². The first-order chi connectivity index (χ1) is 12.2. The molecule has 1 saturated heterocycles. The van der Waals surface area contributed by atoms with Crippen molar-refractivity contribution in [3.63, 3.8) is 0 Å². The molecule has 1 saturated carbocycles. The van der Waals surface area contributed by atoms with E-state index >= 15 is 0 Å². The van der Waals surface area contributed by atoms with Gasteiger partial charge in [0.05, 0.1) is 6.67 Å². The number of benzene rings is 1. The number of hydrogen-bond donors (Lipinski definition) is 1. The van der Waals surface area contributed by atoms with E-state index in [1.165, 1.54) is 10.5 Å². The average molecular weight is 357 g/mol. The molecule has 5 heteroatoms. The molecule has 1 aliphatic heterocycles. The highest BCUT2D eigenvalue weighted by Gasteiger charge is 2.53. The lowest BCUT2D eigenvalue weighted by Gasteiger charge is -2.40. The van der Waals surface area contributed by atoms with E-state index in [-0.39, 0.29) is 17.4 Å². The third-order valence-corrected chi connectivity index (χ3v) is 5.99. The standard InChI is InChI=1S/C21H31N3O2/c1-20(2,3)17-10-12-21(13-11-17)18(25)24(19(26)22-21)15-23(4)14-16-8-6-5-7-9-16/h5-9,17H,10-15H2,1-4H3,(H,22,26). The lowest BCUT2D eigenvalue weighted by atomic mass is 9.67. The van der Waals surface area contributed by atoms with Crippen molar-refractivity contribution in [1.82, 2.24) is 15.1 Å². The normalized spacial score (nSPS) is 26.7. The third-order valence-electron chi connectivity index (χ3n) is 5.99. The van der Waals surface area contributed by atoms with Gasteiger partial charge in [0, 0.05) is 6.54 Å². The van der Waals surface area contributed by atoms with Crippen molar-refractivity contribution in [1.29, 1.82) is 0 Å². The second kappa shape index (κ2) is 7.03. The molecule has 0 bridgehead atoms. The molecule has 1 aromatic carbocycles. The van der Waals surface area contributed by atoms with Crippen LogP contribution in [0.5, 0.6) is 0 Å². The van der Waals surface area contributed by atoms with E-state index in [9.17, 15) is 9.59 Å². The topological polar surface area (TPSA) is 52.6 Å². The number of rotatable bonds is 4. The van der Waals surface area contributed by atoms with Crippen LogP contribution >= 0.6 is 0 Å². The van der Waals surface area contributed by atoms with Gasteiger partial charge < -0.3 is 5.32 Å². The van der Waals surface area contributed by atoms with E-state index in [2.05, 4.69) is 38.2 Å². The Morgan fingerprint density at radius 3 is 2.35 bits per heavy atom. The van der Waals surface area contributed by atoms with Crippen molar-refractivity contribution >= 4 is 11.9 Å². The quantitative estimate of drug-likeness (QED) is 0.838. The average Bonchev–Trinajstić information content (AvgIpc) is 2.79. The molecule has 1 heterocycles. The Kier molecular flexibility index (Phi) is 5.11. The van der Waals surface area contributed by atoms with Crippen molar-refractivity contribution in [2.45, 2.75) is 58.5 Å². The minimum atomic E-state index is -0.674. The highest BCUT2D eigenvalue weighted by atomic mass is 16.2. The van der Waals surface area contributed by atoms with Gasteiger partial charge in [0.15, 0.2) is 0 Å². The van der Waals surface area contributed by atoms with Crippen LogP contribution in [0.15, 0.2) is 30.3 Å². The SMILES string of the molecule is CN(Cc1ccccc1)CN1C(=O)NC2(CCC(C(C)(C)C)CC2)C1=O. The molecule has 1 aromatic rings. The maximum absolute atomic E-state index is 13.1. The summed E-state index contributed by atoms with van der Waals surface area (Å²) in [5.74, 6) is 0.558. The van der Waals surface area contributed by atoms with E-state index < -0.39 is 5.54 Å². The summed E-state index contributed by atoms with van der Waals surface area (Å²) in [6, 6.07) is 9.84. The summed E-state index contributed by atoms with van der Waals surface area (Å²) in [5, 5.41) is 3.02. The number of nitrogens with zero attached hydrogens (tertiary/aromatic N) is 2. The smallest absolute Gasteiger partial charge is 0.323 e. The molecule has 1 aliphatic carbocycles. The molecule has 0 aromatic heterocycles. The van der Waals surface area contributed by atoms with Gasteiger partial charge in [0.2, 0.25) is 0 Å². The van der Waals surface area contributed by atoms with Crippen molar-refractivity contribution in [3.8, 4) is 0 Å². The van der Waals surface area contributed by atoms with Gasteiger partial charge in [-0.2, -0.15) is 0 Å². The van der Waals surface area contributed by atoms with E-state index in [1.807, 2.05) is 30.1 Å². The summed E-state index contributed by atoms with van der Waals surface area (Å²) < 4.78 is 0. The summed E-state index contributed by atoms with van der Waals surface area (Å²) in [5.41, 5.74) is 0.748. The Hall–Kier alpha value is -1.88. The zero-order chi connectivity index (χ0) is 18.9. The Labute approximate surface area is 156 Å². The molecule has 0 radical (unpaired) electrons. The van der Waals surface area contributed by atoms with Crippen LogP contribution in [0.4, 0.5) is 4.79 Å². The van der Waals surface area contributed by atoms with Crippen LogP contribution in [-0.2, 0) is 11.3 Å². The lowest BCUT2D eigenvalue weighted by molar-refractivity contribution is -0.134. The monoisotopic (exact) mass is 357 g/mol. The van der Waals surface area contributed by atoms with Gasteiger partial charge in [-0.25, -0.2) is 9.69 Å². The molecule has 0 atom stereocenters. The second-order valence-corrected chi connectivity index (χ2v) is 9.03. The van der Waals surface area contributed by atoms with Crippen molar-refractivity contribution in [2.75, 3.05) is 13.7 Å². The van der Waals surface area contributed by atoms with Crippen LogP contribution in [0.3, 0.4) is 0 Å². The van der Waals surface area contributed by atoms with Gasteiger partial charge in [0.1, 0.15) is 5.54 Å². The number of imide groups is 1. The van der Waals surface area contributed by atoms with Crippen molar-refractivity contribution in [2.24, 2.45) is 11.3 Å². The highest BCUT2D eigenvalue weighted by molar-refractivity contribution is 6.07. The van der Waals surface area contributed by atoms with Gasteiger partial charge in [0.25, 0.3) is 5.91 Å². The lowest BCUT2D eigenvalue weighted by Crippen LogP contribution is -2.51. The van der Waals surface area contributed by atoms with E-state index in [1.54, 1.807) is 0 Å². The van der Waals surface area contributed by atoms with E-state index in [0.717, 1.165) is 25.7 Å². The Morgan fingerprint density at radius 1 is 1.15 bits per heavy atom. The zero-order valence-electron chi connectivity index (χ0n) is 16.4. The van der Waals surface area contributed by atoms with Crippen molar-refractivity contribution in [3.05, 3.63) is 35.9 Å². The molecule has 1 N–H and O–H groups in total. The number of carbonyl (C=O) groups excluding carboxylic acids is 2. The minimum Gasteiger partial charge on any atom is -0.323 e. The predicted molar refractivity (Wildman–Crippen MR) is 102 cm³/mol. The molecule has 2 aliphatic rings. The first-order valence-corrected chi connectivity index (χ1v) is 9.58. The molecule has 2 fully saturated rings. The molecule has 1 spiro atoms. The van der Waals surface area contributed by atoms with Crippen LogP contribution in [0.1, 0.15) is 52.0 Å². The van der Waals surface area contributed by atoms with Crippen LogP contribution in [0.2, 0.25) is 0 Å². The molecule has 0 unspecified atom stereocenters. The van der Waals surface area contributed by atoms with Crippen LogP contribution in [0, 0.1) is 11.3 Å². The molecule has 5 nitrogen and oxygen atoms in total. The number of urea groups is 1. The van der Waals surface area contributed by atoms with Crippen LogP contribution in [-0.4, -0.2) is 41.0 Å². The van der Waals surface area contributed by atoms with E-state index in [4.69, 9.17) is 0 Å². The minimum absolute atomic E-state index is 0.0465. The number of carbonyl (C=O) groups is 2. The van der Waals surface area contributed by atoms with Crippen LogP contribution < -0.4 is 5.32 Å². The third kappa shape index (κ3) is 3.78. The molecule has 142 valence electrons. The summed E-state index contributed by atoms with van der Waals surface area (Å²) in [4.78, 5) is 28.9. The molecule has 3 amide bonds. The molecular formula is C21H31N3O2. The molecule has 26 heavy (non-hydrogen) atoms. The Morgan fingerprint density at radius 2 is 1.77 bits per heavy atom. The van der Waals surface area contributed by atoms with Gasteiger partial charge in [-0.3, -0.25) is 9.69 Å². The summed E-state index contributed by atoms with van der Waals surface area (Å²) in [7, 11) is 1.94. The fourth-order valence-corrected chi connectivity index (χ4v) is 4.31. The highest BCUT2D eigenvalue weighted by Crippen LogP contribution is 2.43. The summed E-state index contributed by atoms with van der Waals surface area (Å²) in [6.45, 7) is 7.81. The van der Waals surface area contributed by atoms with Gasteiger partial charge in [-0.1, -0.05) is 51.1 Å². The van der Waals surface area contributed by atoms with Gasteiger partial charge in [-0.05, 0) is 49.6 Å². The largest absolute Gasteiger partial charge is 0.326 e. The maximum atomic E-state index is 13.1. The predicted octanol–water partition coefficient (Wildman–Crippen LogP) is 3.60. The number of nitrogens with one attached hydrogen (secondary N) is 1. The fraction of sp³-hybridized carbons (Fsp3) is 0.619. The fourth-order valence-electron chi connectivity index (χ4n) is 4.31. The van der Waals surface area contributed by atoms with Crippen LogP contribution in [0.25, 0.3) is 0 Å². The van der Waals surface area contributed by atoms with Crippen molar-refractivity contribution < 1.29 is 9.59 Å². The molecular weight excluding hydrogens is 326 g/mol. The first kappa shape index (κ1) is 18.9. The van der Waals surface area contributed by atoms with Gasteiger partial charge >= 0.3 is 6.03 Å². The summed E-state index contributed by atoms with van der Waals surface area (Å²) in [6.07, 6.45) is 3.48.